The minimum absolute atomic E-state index is 0.200. The van der Waals surface area contributed by atoms with Crippen LogP contribution >= 0.6 is 0 Å². The molecule has 2 N–H and O–H groups in total. The topological polar surface area (TPSA) is 41.7 Å². The van der Waals surface area contributed by atoms with E-state index >= 15 is 0 Å². The summed E-state index contributed by atoms with van der Waals surface area (Å²) in [4.78, 5) is 4.85. The predicted molar refractivity (Wildman–Crippen MR) is 63.0 cm³/mol. The normalized spacial score (nSPS) is 26.8. The van der Waals surface area contributed by atoms with E-state index in [1.54, 1.807) is 0 Å². The highest BCUT2D eigenvalue weighted by atomic mass is 16.5. The van der Waals surface area contributed by atoms with Crippen molar-refractivity contribution < 1.29 is 4.74 Å². The van der Waals surface area contributed by atoms with Crippen molar-refractivity contribution in [3.05, 3.63) is 0 Å². The van der Waals surface area contributed by atoms with E-state index in [4.69, 9.17) is 10.5 Å². The van der Waals surface area contributed by atoms with Crippen LogP contribution in [-0.4, -0.2) is 68.3 Å². The van der Waals surface area contributed by atoms with Gasteiger partial charge in [-0.15, -0.1) is 0 Å². The van der Waals surface area contributed by atoms with Crippen molar-refractivity contribution in [2.45, 2.75) is 26.0 Å². The molecule has 4 heteroatoms. The molecular formula is C11H25N3O. The number of hydrogen-bond donors (Lipinski definition) is 1. The number of likely N-dealkylation sites (N-methyl/N-ethyl adjacent to an activating group) is 1. The first-order valence-corrected chi connectivity index (χ1v) is 5.91. The summed E-state index contributed by atoms with van der Waals surface area (Å²) in [6, 6.07) is 0.638. The molecule has 0 aliphatic carbocycles. The Morgan fingerprint density at radius 3 is 2.73 bits per heavy atom. The number of rotatable bonds is 5. The molecule has 4 nitrogen and oxygen atoms in total. The third-order valence-electron chi connectivity index (χ3n) is 3.17. The quantitative estimate of drug-likeness (QED) is 0.700. The lowest BCUT2D eigenvalue weighted by Crippen LogP contribution is -2.52. The van der Waals surface area contributed by atoms with Crippen molar-refractivity contribution in [1.29, 1.82) is 0 Å². The summed E-state index contributed by atoms with van der Waals surface area (Å²) in [6.45, 7) is 10.0. The van der Waals surface area contributed by atoms with E-state index < -0.39 is 0 Å². The predicted octanol–water partition coefficient (Wildman–Crippen LogP) is -0.0139. The van der Waals surface area contributed by atoms with E-state index in [1.807, 2.05) is 6.92 Å². The largest absolute Gasteiger partial charge is 0.376 e. The maximum atomic E-state index is 5.68. The van der Waals surface area contributed by atoms with Crippen LogP contribution in [0.15, 0.2) is 0 Å². The Balaban J connectivity index is 2.31. The molecule has 0 amide bonds. The van der Waals surface area contributed by atoms with Crippen LogP contribution in [0.4, 0.5) is 0 Å². The van der Waals surface area contributed by atoms with Gasteiger partial charge in [-0.3, -0.25) is 4.90 Å². The zero-order chi connectivity index (χ0) is 11.3. The summed E-state index contributed by atoms with van der Waals surface area (Å²) >= 11 is 0. The van der Waals surface area contributed by atoms with Crippen LogP contribution in [0, 0.1) is 0 Å². The van der Waals surface area contributed by atoms with Gasteiger partial charge in [-0.2, -0.15) is 0 Å². The molecule has 0 spiro atoms. The number of nitrogens with zero attached hydrogens (tertiary/aromatic N) is 2. The Morgan fingerprint density at radius 2 is 2.20 bits per heavy atom. The SMILES string of the molecule is CCOC(CN)CN1CCN(C)C(C)C1. The van der Waals surface area contributed by atoms with E-state index in [9.17, 15) is 0 Å². The van der Waals surface area contributed by atoms with Gasteiger partial charge in [0, 0.05) is 45.4 Å². The minimum Gasteiger partial charge on any atom is -0.376 e. The average molecular weight is 215 g/mol. The molecular weight excluding hydrogens is 190 g/mol. The first kappa shape index (κ1) is 12.9. The van der Waals surface area contributed by atoms with Gasteiger partial charge < -0.3 is 15.4 Å². The highest BCUT2D eigenvalue weighted by Crippen LogP contribution is 2.08. The summed E-state index contributed by atoms with van der Waals surface area (Å²) in [5.74, 6) is 0. The molecule has 15 heavy (non-hydrogen) atoms. The monoisotopic (exact) mass is 215 g/mol. The van der Waals surface area contributed by atoms with Crippen molar-refractivity contribution in [3.8, 4) is 0 Å². The second-order valence-electron chi connectivity index (χ2n) is 4.40. The second-order valence-corrected chi connectivity index (χ2v) is 4.40. The average Bonchev–Trinajstić information content (AvgIpc) is 2.23. The van der Waals surface area contributed by atoms with Crippen molar-refractivity contribution in [2.75, 3.05) is 46.4 Å². The lowest BCUT2D eigenvalue weighted by atomic mass is 10.2. The Bertz CT molecular complexity index is 177. The fraction of sp³-hybridized carbons (Fsp3) is 1.00. The molecule has 1 aliphatic rings. The zero-order valence-corrected chi connectivity index (χ0v) is 10.3. The van der Waals surface area contributed by atoms with Gasteiger partial charge in [0.2, 0.25) is 0 Å². The molecule has 0 saturated carbocycles. The molecule has 1 fully saturated rings. The molecule has 1 rings (SSSR count). The Labute approximate surface area is 93.4 Å². The van der Waals surface area contributed by atoms with Crippen molar-refractivity contribution in [3.63, 3.8) is 0 Å². The molecule has 90 valence electrons. The van der Waals surface area contributed by atoms with Crippen LogP contribution in [-0.2, 0) is 4.74 Å². The lowest BCUT2D eigenvalue weighted by molar-refractivity contribution is 0.0171. The zero-order valence-electron chi connectivity index (χ0n) is 10.3. The molecule has 1 heterocycles. The van der Waals surface area contributed by atoms with Crippen LogP contribution in [0.5, 0.6) is 0 Å². The van der Waals surface area contributed by atoms with Gasteiger partial charge in [-0.05, 0) is 20.9 Å². The minimum atomic E-state index is 0.200. The third kappa shape index (κ3) is 4.07. The Morgan fingerprint density at radius 1 is 1.47 bits per heavy atom. The Kier molecular flexibility index (Phi) is 5.53. The number of nitrogens with two attached hydrogens (primary N) is 1. The molecule has 0 aromatic heterocycles. The van der Waals surface area contributed by atoms with Crippen LogP contribution in [0.3, 0.4) is 0 Å². The molecule has 1 aliphatic heterocycles. The van der Waals surface area contributed by atoms with E-state index in [0.29, 0.717) is 12.6 Å². The summed E-state index contributed by atoms with van der Waals surface area (Å²) in [5, 5.41) is 0. The van der Waals surface area contributed by atoms with Gasteiger partial charge in [0.1, 0.15) is 0 Å². The first-order valence-electron chi connectivity index (χ1n) is 5.91. The van der Waals surface area contributed by atoms with Gasteiger partial charge >= 0.3 is 0 Å². The smallest absolute Gasteiger partial charge is 0.0823 e. The van der Waals surface area contributed by atoms with Crippen molar-refractivity contribution >= 4 is 0 Å². The molecule has 0 aromatic carbocycles. The highest BCUT2D eigenvalue weighted by Gasteiger charge is 2.22. The van der Waals surface area contributed by atoms with Crippen LogP contribution in [0.2, 0.25) is 0 Å². The standard InChI is InChI=1S/C11H25N3O/c1-4-15-11(7-12)9-14-6-5-13(3)10(2)8-14/h10-11H,4-9,12H2,1-3H3. The van der Waals surface area contributed by atoms with Gasteiger partial charge in [-0.25, -0.2) is 0 Å². The van der Waals surface area contributed by atoms with Crippen LogP contribution < -0.4 is 5.73 Å². The fourth-order valence-corrected chi connectivity index (χ4v) is 2.01. The maximum Gasteiger partial charge on any atom is 0.0823 e. The van der Waals surface area contributed by atoms with E-state index in [1.165, 1.54) is 0 Å². The van der Waals surface area contributed by atoms with Gasteiger partial charge in [0.05, 0.1) is 6.10 Å². The van der Waals surface area contributed by atoms with Gasteiger partial charge in [0.15, 0.2) is 0 Å². The molecule has 0 bridgehead atoms. The Hall–Kier alpha value is -0.160. The van der Waals surface area contributed by atoms with E-state index in [0.717, 1.165) is 32.8 Å². The number of hydrogen-bond acceptors (Lipinski definition) is 4. The number of piperazine rings is 1. The fourth-order valence-electron chi connectivity index (χ4n) is 2.01. The molecule has 2 unspecified atom stereocenters. The lowest BCUT2D eigenvalue weighted by Gasteiger charge is -2.38. The highest BCUT2D eigenvalue weighted by molar-refractivity contribution is 4.78. The maximum absolute atomic E-state index is 5.68. The third-order valence-corrected chi connectivity index (χ3v) is 3.17. The first-order chi connectivity index (χ1) is 7.17. The molecule has 0 aromatic rings. The summed E-state index contributed by atoms with van der Waals surface area (Å²) < 4.78 is 5.58. The number of ether oxygens (including phenoxy) is 1. The van der Waals surface area contributed by atoms with Crippen molar-refractivity contribution in [2.24, 2.45) is 5.73 Å². The summed E-state index contributed by atoms with van der Waals surface area (Å²) in [6.07, 6.45) is 0.200. The van der Waals surface area contributed by atoms with E-state index in [-0.39, 0.29) is 6.10 Å². The van der Waals surface area contributed by atoms with Crippen molar-refractivity contribution in [1.82, 2.24) is 9.80 Å². The van der Waals surface area contributed by atoms with Crippen LogP contribution in [0.25, 0.3) is 0 Å². The van der Waals surface area contributed by atoms with E-state index in [2.05, 4.69) is 23.8 Å². The molecule has 2 atom stereocenters. The second kappa shape index (κ2) is 6.43. The van der Waals surface area contributed by atoms with Crippen LogP contribution in [0.1, 0.15) is 13.8 Å². The summed E-state index contributed by atoms with van der Waals surface area (Å²) in [5.41, 5.74) is 5.68. The summed E-state index contributed by atoms with van der Waals surface area (Å²) in [7, 11) is 2.19. The van der Waals surface area contributed by atoms with Gasteiger partial charge in [-0.1, -0.05) is 0 Å². The molecule has 1 saturated heterocycles. The molecule has 0 radical (unpaired) electrons. The van der Waals surface area contributed by atoms with Gasteiger partial charge in [0.25, 0.3) is 0 Å².